The molecule has 1 aliphatic rings. The second kappa shape index (κ2) is 18.0. The molecule has 260 valence electrons. The van der Waals surface area contributed by atoms with Gasteiger partial charge in [0.25, 0.3) is 0 Å². The Hall–Kier alpha value is -4.17. The molecule has 0 radical (unpaired) electrons. The number of nitrogens with zero attached hydrogens (tertiary/aromatic N) is 1. The van der Waals surface area contributed by atoms with E-state index in [0.29, 0.717) is 44.9 Å². The van der Waals surface area contributed by atoms with Crippen LogP contribution in [0.4, 0.5) is 4.79 Å². The number of carboxylic acid groups (broad SMARTS) is 1. The van der Waals surface area contributed by atoms with Crippen molar-refractivity contribution >= 4 is 6.09 Å². The van der Waals surface area contributed by atoms with Gasteiger partial charge in [0, 0.05) is 12.3 Å². The third kappa shape index (κ3) is 10.7. The fourth-order valence-electron chi connectivity index (χ4n) is 6.18. The van der Waals surface area contributed by atoms with Crippen LogP contribution in [0, 0.1) is 0 Å². The second-order valence-electron chi connectivity index (χ2n) is 13.5. The zero-order valence-electron chi connectivity index (χ0n) is 29.3. The number of amides is 1. The van der Waals surface area contributed by atoms with Crippen molar-refractivity contribution in [2.24, 2.45) is 0 Å². The summed E-state index contributed by atoms with van der Waals surface area (Å²) in [7, 11) is 0. The van der Waals surface area contributed by atoms with E-state index in [1.54, 1.807) is 0 Å². The van der Waals surface area contributed by atoms with Gasteiger partial charge in [-0.1, -0.05) is 119 Å². The maximum atomic E-state index is 12.3. The highest BCUT2D eigenvalue weighted by atomic mass is 16.5. The Bertz CT molecular complexity index is 1490. The minimum atomic E-state index is -0.972. The normalized spacial score (nSPS) is 17.8. The van der Waals surface area contributed by atoms with E-state index in [0.717, 1.165) is 34.4 Å². The van der Waals surface area contributed by atoms with Crippen LogP contribution in [0.1, 0.15) is 85.3 Å². The Labute approximate surface area is 291 Å². The van der Waals surface area contributed by atoms with E-state index < -0.39 is 18.3 Å². The van der Waals surface area contributed by atoms with Gasteiger partial charge in [-0.15, -0.1) is 0 Å². The predicted molar refractivity (Wildman–Crippen MR) is 193 cm³/mol. The highest BCUT2D eigenvalue weighted by Gasteiger charge is 2.41. The average Bonchev–Trinajstić information content (AvgIpc) is 3.12. The molecular weight excluding hydrogens is 614 g/mol. The SMILES string of the molecule is CC(C)c1ccc(CO[C@H]2CN(C(=O)O)C[C@@H](OCc3ccc(C(C)C)cc3)[C@H]2c2ccc(OCCCOCc3ccccc3)cc2)cc1. The molecule has 1 aliphatic heterocycles. The zero-order chi connectivity index (χ0) is 34.6. The lowest BCUT2D eigenvalue weighted by Crippen LogP contribution is -2.54. The van der Waals surface area contributed by atoms with Gasteiger partial charge in [0.2, 0.25) is 0 Å². The number of piperidine rings is 1. The number of likely N-dealkylation sites (tertiary alicyclic amines) is 1. The van der Waals surface area contributed by atoms with Crippen LogP contribution >= 0.6 is 0 Å². The van der Waals surface area contributed by atoms with E-state index in [1.807, 2.05) is 30.3 Å². The molecule has 5 rings (SSSR count). The summed E-state index contributed by atoms with van der Waals surface area (Å²) >= 11 is 0. The molecule has 0 spiro atoms. The molecule has 0 bridgehead atoms. The molecule has 1 amide bonds. The molecule has 3 atom stereocenters. The number of carbonyl (C=O) groups is 1. The van der Waals surface area contributed by atoms with Crippen LogP contribution in [0.25, 0.3) is 0 Å². The third-order valence-electron chi connectivity index (χ3n) is 9.17. The van der Waals surface area contributed by atoms with Gasteiger partial charge in [0.1, 0.15) is 5.75 Å². The highest BCUT2D eigenvalue weighted by Crippen LogP contribution is 2.35. The topological polar surface area (TPSA) is 77.5 Å². The summed E-state index contributed by atoms with van der Waals surface area (Å²) in [6, 6.07) is 35.1. The van der Waals surface area contributed by atoms with Gasteiger partial charge in [-0.25, -0.2) is 4.79 Å². The summed E-state index contributed by atoms with van der Waals surface area (Å²) in [5, 5.41) is 10.1. The lowest BCUT2D eigenvalue weighted by atomic mass is 9.84. The fourth-order valence-corrected chi connectivity index (χ4v) is 6.18. The van der Waals surface area contributed by atoms with E-state index in [9.17, 15) is 9.90 Å². The van der Waals surface area contributed by atoms with Crippen LogP contribution in [-0.4, -0.2) is 54.6 Å². The maximum Gasteiger partial charge on any atom is 0.407 e. The number of hydrogen-bond acceptors (Lipinski definition) is 5. The minimum Gasteiger partial charge on any atom is -0.494 e. The Morgan fingerprint density at radius 2 is 1.18 bits per heavy atom. The molecule has 0 unspecified atom stereocenters. The van der Waals surface area contributed by atoms with Crippen molar-refractivity contribution in [3.63, 3.8) is 0 Å². The van der Waals surface area contributed by atoms with Crippen LogP contribution in [0.15, 0.2) is 103 Å². The Balaban J connectivity index is 1.27. The maximum absolute atomic E-state index is 12.3. The first-order valence-electron chi connectivity index (χ1n) is 17.5. The zero-order valence-corrected chi connectivity index (χ0v) is 29.3. The van der Waals surface area contributed by atoms with Gasteiger partial charge in [0.15, 0.2) is 0 Å². The van der Waals surface area contributed by atoms with Gasteiger partial charge in [-0.2, -0.15) is 0 Å². The Kier molecular flexibility index (Phi) is 13.3. The van der Waals surface area contributed by atoms with Crippen molar-refractivity contribution < 1.29 is 28.8 Å². The van der Waals surface area contributed by atoms with Crippen molar-refractivity contribution in [2.45, 2.75) is 83.9 Å². The van der Waals surface area contributed by atoms with E-state index in [-0.39, 0.29) is 19.0 Å². The van der Waals surface area contributed by atoms with Gasteiger partial charge in [-0.3, -0.25) is 0 Å². The van der Waals surface area contributed by atoms with Crippen LogP contribution in [0.3, 0.4) is 0 Å². The number of rotatable bonds is 16. The molecule has 7 heteroatoms. The second-order valence-corrected chi connectivity index (χ2v) is 13.5. The number of benzene rings is 4. The molecule has 49 heavy (non-hydrogen) atoms. The molecule has 1 heterocycles. The van der Waals surface area contributed by atoms with E-state index >= 15 is 0 Å². The monoisotopic (exact) mass is 665 g/mol. The molecule has 0 aliphatic carbocycles. The van der Waals surface area contributed by atoms with E-state index in [4.69, 9.17) is 18.9 Å². The quantitative estimate of drug-likeness (QED) is 0.120. The summed E-state index contributed by atoms with van der Waals surface area (Å²) in [6.45, 7) is 11.7. The van der Waals surface area contributed by atoms with Gasteiger partial charge in [0.05, 0.1) is 58.3 Å². The first kappa shape index (κ1) is 36.1. The van der Waals surface area contributed by atoms with Crippen molar-refractivity contribution in [3.8, 4) is 5.75 Å². The van der Waals surface area contributed by atoms with Crippen LogP contribution in [0.2, 0.25) is 0 Å². The minimum absolute atomic E-state index is 0.180. The molecule has 1 saturated heterocycles. The smallest absolute Gasteiger partial charge is 0.407 e. The van der Waals surface area contributed by atoms with E-state index in [1.165, 1.54) is 16.0 Å². The molecule has 1 N–H and O–H groups in total. The summed E-state index contributed by atoms with van der Waals surface area (Å²) < 4.78 is 25.0. The van der Waals surface area contributed by atoms with Gasteiger partial charge in [-0.05, 0) is 57.3 Å². The summed E-state index contributed by atoms with van der Waals surface area (Å²) in [4.78, 5) is 13.7. The van der Waals surface area contributed by atoms with Gasteiger partial charge >= 0.3 is 6.09 Å². The van der Waals surface area contributed by atoms with E-state index in [2.05, 4.69) is 100 Å². The molecule has 0 aromatic heterocycles. The number of ether oxygens (including phenoxy) is 4. The van der Waals surface area contributed by atoms with Crippen molar-refractivity contribution in [1.29, 1.82) is 0 Å². The first-order valence-corrected chi connectivity index (χ1v) is 17.5. The molecule has 4 aromatic carbocycles. The van der Waals surface area contributed by atoms with Crippen LogP contribution in [0.5, 0.6) is 5.75 Å². The lowest BCUT2D eigenvalue weighted by Gasteiger charge is -2.42. The predicted octanol–water partition coefficient (Wildman–Crippen LogP) is 9.17. The number of hydrogen-bond donors (Lipinski definition) is 1. The summed E-state index contributed by atoms with van der Waals surface area (Å²) in [6.07, 6.45) is -1.00. The highest BCUT2D eigenvalue weighted by molar-refractivity contribution is 5.65. The fraction of sp³-hybridized carbons (Fsp3) is 0.405. The molecule has 0 saturated carbocycles. The van der Waals surface area contributed by atoms with Crippen molar-refractivity contribution in [2.75, 3.05) is 26.3 Å². The molecule has 4 aromatic rings. The van der Waals surface area contributed by atoms with Crippen molar-refractivity contribution in [3.05, 3.63) is 137 Å². The van der Waals surface area contributed by atoms with Gasteiger partial charge < -0.3 is 29.0 Å². The molecule has 1 fully saturated rings. The molecular formula is C42H51NO6. The Morgan fingerprint density at radius 3 is 1.67 bits per heavy atom. The summed E-state index contributed by atoms with van der Waals surface area (Å²) in [5.41, 5.74) is 6.83. The standard InChI is InChI=1S/C42H51NO6/c1-30(2)35-15-11-33(12-16-35)28-48-39-25-43(42(44)45)26-40(49-29-34-13-17-36(18-14-34)31(3)4)41(39)37-19-21-38(22-20-37)47-24-8-23-46-27-32-9-6-5-7-10-32/h5-7,9-22,30-31,39-41H,8,23-29H2,1-4H3,(H,44,45)/t39-,40+,41-. The largest absolute Gasteiger partial charge is 0.494 e. The molecule has 7 nitrogen and oxygen atoms in total. The summed E-state index contributed by atoms with van der Waals surface area (Å²) in [5.74, 6) is 1.49. The average molecular weight is 666 g/mol. The van der Waals surface area contributed by atoms with Crippen LogP contribution in [-0.2, 0) is 34.0 Å². The van der Waals surface area contributed by atoms with Crippen LogP contribution < -0.4 is 4.74 Å². The van der Waals surface area contributed by atoms with Crippen molar-refractivity contribution in [1.82, 2.24) is 4.90 Å². The third-order valence-corrected chi connectivity index (χ3v) is 9.17. The lowest BCUT2D eigenvalue weighted by molar-refractivity contribution is -0.0937. The Morgan fingerprint density at radius 1 is 0.673 bits per heavy atom. The first-order chi connectivity index (χ1) is 23.8.